The van der Waals surface area contributed by atoms with Crippen LogP contribution < -0.4 is 10.1 Å². The van der Waals surface area contributed by atoms with E-state index in [4.69, 9.17) is 9.84 Å². The molecule has 0 bridgehead atoms. The summed E-state index contributed by atoms with van der Waals surface area (Å²) in [4.78, 5) is 36.2. The Bertz CT molecular complexity index is 1740. The van der Waals surface area contributed by atoms with E-state index in [1.54, 1.807) is 6.07 Å². The second-order valence-electron chi connectivity index (χ2n) is 9.43. The highest BCUT2D eigenvalue weighted by Crippen LogP contribution is 2.39. The van der Waals surface area contributed by atoms with Crippen molar-refractivity contribution in [1.82, 2.24) is 39.7 Å². The third-order valence-electron chi connectivity index (χ3n) is 6.68. The van der Waals surface area contributed by atoms with Crippen molar-refractivity contribution in [2.24, 2.45) is 0 Å². The summed E-state index contributed by atoms with van der Waals surface area (Å²) in [5, 5.41) is 19.7. The van der Waals surface area contributed by atoms with E-state index in [1.807, 2.05) is 16.7 Å². The van der Waals surface area contributed by atoms with Crippen LogP contribution >= 0.6 is 0 Å². The van der Waals surface area contributed by atoms with E-state index in [0.29, 0.717) is 23.6 Å². The number of fused-ring (bicyclic) bond motifs is 1. The van der Waals surface area contributed by atoms with Crippen molar-refractivity contribution in [3.63, 3.8) is 0 Å². The van der Waals surface area contributed by atoms with Crippen LogP contribution in [0.5, 0.6) is 5.75 Å². The van der Waals surface area contributed by atoms with Gasteiger partial charge in [0.25, 0.3) is 5.91 Å². The molecule has 5 aromatic rings. The molecule has 4 heterocycles. The van der Waals surface area contributed by atoms with Crippen molar-refractivity contribution in [3.8, 4) is 16.9 Å². The van der Waals surface area contributed by atoms with Crippen molar-refractivity contribution in [1.29, 1.82) is 0 Å². The van der Waals surface area contributed by atoms with Crippen molar-refractivity contribution in [2.45, 2.75) is 31.8 Å². The molecule has 13 heteroatoms. The first kappa shape index (κ1) is 25.1. The Balaban J connectivity index is 1.17. The maximum Gasteiger partial charge on any atom is 0.373 e. The number of aromatic nitrogens is 7. The van der Waals surface area contributed by atoms with Crippen LogP contribution in [0.15, 0.2) is 55.2 Å². The van der Waals surface area contributed by atoms with Gasteiger partial charge in [0, 0.05) is 42.5 Å². The lowest BCUT2D eigenvalue weighted by molar-refractivity contribution is 0.0683. The number of imidazole rings is 1. The standard InChI is InChI=1S/C27H23FN8O4/c1-40-22-6-5-19(17-8-29-25(27(38)39)30-9-17)20(24(22)28)10-31-26(37)21-14-36(34-33-21)13-18-12-35-11-16(15-2-3-15)4-7-23(35)32-18/h4-9,11-12,14-15H,2-3,10,13H2,1H3,(H,31,37)(H,38,39). The van der Waals surface area contributed by atoms with Gasteiger partial charge in [-0.05, 0) is 42.0 Å². The Hall–Kier alpha value is -5.20. The van der Waals surface area contributed by atoms with E-state index in [1.165, 1.54) is 54.9 Å². The quantitative estimate of drug-likeness (QED) is 0.286. The molecular formula is C27H23FN8O4. The molecule has 40 heavy (non-hydrogen) atoms. The van der Waals surface area contributed by atoms with E-state index in [2.05, 4.69) is 42.8 Å². The van der Waals surface area contributed by atoms with Gasteiger partial charge >= 0.3 is 5.97 Å². The van der Waals surface area contributed by atoms with Crippen LogP contribution in [0, 0.1) is 5.82 Å². The van der Waals surface area contributed by atoms with Crippen LogP contribution in [0.3, 0.4) is 0 Å². The molecule has 12 nitrogen and oxygen atoms in total. The number of nitrogens with one attached hydrogen (secondary N) is 1. The van der Waals surface area contributed by atoms with Crippen molar-refractivity contribution < 1.29 is 23.8 Å². The van der Waals surface area contributed by atoms with Gasteiger partial charge in [0.1, 0.15) is 5.65 Å². The Morgan fingerprint density at radius 1 is 1.12 bits per heavy atom. The third kappa shape index (κ3) is 4.96. The number of carbonyl (C=O) groups excluding carboxylic acids is 1. The van der Waals surface area contributed by atoms with Gasteiger partial charge in [-0.25, -0.2) is 28.8 Å². The van der Waals surface area contributed by atoms with Gasteiger partial charge in [-0.15, -0.1) is 5.10 Å². The number of nitrogens with zero attached hydrogens (tertiary/aromatic N) is 7. The number of rotatable bonds is 9. The highest BCUT2D eigenvalue weighted by molar-refractivity contribution is 5.92. The first-order valence-electron chi connectivity index (χ1n) is 12.5. The minimum absolute atomic E-state index is 0.0151. The van der Waals surface area contributed by atoms with E-state index in [0.717, 1.165) is 11.3 Å². The number of amides is 1. The Morgan fingerprint density at radius 3 is 2.65 bits per heavy atom. The lowest BCUT2D eigenvalue weighted by Gasteiger charge is -2.14. The van der Waals surface area contributed by atoms with Crippen LogP contribution in [-0.2, 0) is 13.1 Å². The fourth-order valence-electron chi connectivity index (χ4n) is 4.48. The molecule has 0 unspecified atom stereocenters. The van der Waals surface area contributed by atoms with E-state index in [9.17, 15) is 9.59 Å². The molecule has 0 radical (unpaired) electrons. The second kappa shape index (κ2) is 10.2. The summed E-state index contributed by atoms with van der Waals surface area (Å²) in [5.41, 5.74) is 3.81. The number of benzene rings is 1. The smallest absolute Gasteiger partial charge is 0.373 e. The summed E-state index contributed by atoms with van der Waals surface area (Å²) >= 11 is 0. The predicted molar refractivity (Wildman–Crippen MR) is 138 cm³/mol. The average molecular weight is 543 g/mol. The average Bonchev–Trinajstić information content (AvgIpc) is 3.57. The van der Waals surface area contributed by atoms with Crippen LogP contribution in [0.25, 0.3) is 16.8 Å². The topological polar surface area (TPSA) is 149 Å². The molecule has 1 aliphatic carbocycles. The number of methoxy groups -OCH3 is 1. The van der Waals surface area contributed by atoms with Gasteiger partial charge < -0.3 is 19.6 Å². The lowest BCUT2D eigenvalue weighted by Crippen LogP contribution is -2.24. The molecule has 1 amide bonds. The van der Waals surface area contributed by atoms with Crippen LogP contribution in [-0.4, -0.2) is 58.4 Å². The largest absolute Gasteiger partial charge is 0.494 e. The number of carbonyl (C=O) groups is 2. The van der Waals surface area contributed by atoms with Gasteiger partial charge in [0.15, 0.2) is 17.3 Å². The summed E-state index contributed by atoms with van der Waals surface area (Å²) in [7, 11) is 1.33. The van der Waals surface area contributed by atoms with Crippen molar-refractivity contribution in [3.05, 3.63) is 89.4 Å². The molecule has 0 atom stereocenters. The number of halogens is 1. The zero-order valence-corrected chi connectivity index (χ0v) is 21.3. The van der Waals surface area contributed by atoms with Gasteiger partial charge in [0.05, 0.1) is 25.5 Å². The summed E-state index contributed by atoms with van der Waals surface area (Å²) in [5.74, 6) is -2.28. The third-order valence-corrected chi connectivity index (χ3v) is 6.68. The molecule has 6 rings (SSSR count). The Kier molecular flexibility index (Phi) is 6.38. The molecular weight excluding hydrogens is 519 g/mol. The molecule has 1 fully saturated rings. The molecule has 202 valence electrons. The molecule has 2 N–H and O–H groups in total. The summed E-state index contributed by atoms with van der Waals surface area (Å²) in [6.45, 7) is 0.113. The van der Waals surface area contributed by atoms with E-state index in [-0.39, 0.29) is 29.4 Å². The number of hydrogen-bond acceptors (Lipinski definition) is 8. The zero-order chi connectivity index (χ0) is 27.8. The monoisotopic (exact) mass is 542 g/mol. The summed E-state index contributed by atoms with van der Waals surface area (Å²) in [6, 6.07) is 7.12. The Labute approximate surface area is 226 Å². The normalized spacial score (nSPS) is 12.9. The molecule has 1 saturated carbocycles. The first-order valence-corrected chi connectivity index (χ1v) is 12.5. The molecule has 0 aliphatic heterocycles. The zero-order valence-electron chi connectivity index (χ0n) is 21.3. The van der Waals surface area contributed by atoms with Crippen LogP contribution in [0.2, 0.25) is 0 Å². The fraction of sp³-hybridized carbons (Fsp3) is 0.222. The molecule has 1 aliphatic rings. The number of aromatic carboxylic acids is 1. The maximum absolute atomic E-state index is 15.2. The SMILES string of the molecule is COc1ccc(-c2cnc(C(=O)O)nc2)c(CNC(=O)c2cn(Cc3cn4cc(C5CC5)ccc4n3)nn2)c1F. The van der Waals surface area contributed by atoms with Gasteiger partial charge in [0.2, 0.25) is 5.82 Å². The molecule has 1 aromatic carbocycles. The summed E-state index contributed by atoms with van der Waals surface area (Å²) in [6.07, 6.45) is 10.5. The highest BCUT2D eigenvalue weighted by Gasteiger charge is 2.24. The van der Waals surface area contributed by atoms with Gasteiger partial charge in [-0.3, -0.25) is 4.79 Å². The number of hydrogen-bond donors (Lipinski definition) is 2. The first-order chi connectivity index (χ1) is 19.4. The van der Waals surface area contributed by atoms with E-state index >= 15 is 4.39 Å². The predicted octanol–water partition coefficient (Wildman–Crippen LogP) is 3.08. The van der Waals surface area contributed by atoms with E-state index < -0.39 is 17.7 Å². The van der Waals surface area contributed by atoms with Crippen molar-refractivity contribution >= 4 is 17.5 Å². The maximum atomic E-state index is 15.2. The van der Waals surface area contributed by atoms with Crippen LogP contribution in [0.4, 0.5) is 4.39 Å². The minimum Gasteiger partial charge on any atom is -0.494 e. The molecule has 4 aromatic heterocycles. The molecule has 0 spiro atoms. The highest BCUT2D eigenvalue weighted by atomic mass is 19.1. The lowest BCUT2D eigenvalue weighted by atomic mass is 10.0. The number of carboxylic acid groups (broad SMARTS) is 1. The number of ether oxygens (including phenoxy) is 1. The number of pyridine rings is 1. The number of carboxylic acids is 1. The van der Waals surface area contributed by atoms with Crippen molar-refractivity contribution in [2.75, 3.05) is 7.11 Å². The Morgan fingerprint density at radius 2 is 1.93 bits per heavy atom. The van der Waals surface area contributed by atoms with Gasteiger partial charge in [-0.1, -0.05) is 17.3 Å². The second-order valence-corrected chi connectivity index (χ2v) is 9.43. The summed E-state index contributed by atoms with van der Waals surface area (Å²) < 4.78 is 23.8. The van der Waals surface area contributed by atoms with Gasteiger partial charge in [-0.2, -0.15) is 0 Å². The van der Waals surface area contributed by atoms with Crippen LogP contribution in [0.1, 0.15) is 56.7 Å². The minimum atomic E-state index is -1.28. The molecule has 0 saturated heterocycles. The fourth-order valence-corrected chi connectivity index (χ4v) is 4.48.